The normalized spacial score (nSPS) is 12.4. The molecular formula is C8H10N2S. The van der Waals surface area contributed by atoms with Crippen LogP contribution in [0.25, 0.3) is 0 Å². The predicted molar refractivity (Wildman–Crippen MR) is 46.3 cm³/mol. The van der Waals surface area contributed by atoms with Crippen LogP contribution >= 0.6 is 11.3 Å². The average Bonchev–Trinajstić information content (AvgIpc) is 2.52. The van der Waals surface area contributed by atoms with E-state index in [1.165, 1.54) is 0 Å². The summed E-state index contributed by atoms with van der Waals surface area (Å²) in [5.74, 6) is -0.000000000000000666. The highest BCUT2D eigenvalue weighted by Crippen LogP contribution is 2.22. The zero-order valence-electron chi connectivity index (χ0n) is 6.16. The SMILES string of the molecule is N#CC(CCN)c1cccs1. The van der Waals surface area contributed by atoms with Gasteiger partial charge in [0.1, 0.15) is 0 Å². The smallest absolute Gasteiger partial charge is 0.0818 e. The van der Waals surface area contributed by atoms with E-state index in [9.17, 15) is 0 Å². The van der Waals surface area contributed by atoms with Gasteiger partial charge in [-0.05, 0) is 24.4 Å². The summed E-state index contributed by atoms with van der Waals surface area (Å²) in [6.07, 6.45) is 0.761. The van der Waals surface area contributed by atoms with Gasteiger partial charge < -0.3 is 5.73 Å². The summed E-state index contributed by atoms with van der Waals surface area (Å²) in [5.41, 5.74) is 5.36. The molecule has 58 valence electrons. The van der Waals surface area contributed by atoms with E-state index in [0.717, 1.165) is 11.3 Å². The first-order valence-electron chi connectivity index (χ1n) is 3.51. The van der Waals surface area contributed by atoms with Crippen LogP contribution in [0.1, 0.15) is 17.2 Å². The number of thiophene rings is 1. The summed E-state index contributed by atoms with van der Waals surface area (Å²) in [5, 5.41) is 10.7. The lowest BCUT2D eigenvalue weighted by molar-refractivity contribution is 0.769. The van der Waals surface area contributed by atoms with Crippen LogP contribution in [0.5, 0.6) is 0 Å². The monoisotopic (exact) mass is 166 g/mol. The molecule has 0 saturated heterocycles. The molecule has 1 unspecified atom stereocenters. The van der Waals surface area contributed by atoms with Gasteiger partial charge in [0, 0.05) is 4.88 Å². The second kappa shape index (κ2) is 4.12. The molecular weight excluding hydrogens is 156 g/mol. The molecule has 0 aliphatic carbocycles. The van der Waals surface area contributed by atoms with Gasteiger partial charge in [0.15, 0.2) is 0 Å². The largest absolute Gasteiger partial charge is 0.330 e. The molecule has 0 amide bonds. The van der Waals surface area contributed by atoms with Crippen molar-refractivity contribution in [3.05, 3.63) is 22.4 Å². The molecule has 0 radical (unpaired) electrons. The molecule has 3 heteroatoms. The van der Waals surface area contributed by atoms with E-state index in [-0.39, 0.29) is 5.92 Å². The van der Waals surface area contributed by atoms with Crippen molar-refractivity contribution in [1.82, 2.24) is 0 Å². The summed E-state index contributed by atoms with van der Waals surface area (Å²) >= 11 is 1.62. The molecule has 0 saturated carbocycles. The summed E-state index contributed by atoms with van der Waals surface area (Å²) in [6, 6.07) is 6.18. The molecule has 2 nitrogen and oxygen atoms in total. The van der Waals surface area contributed by atoms with E-state index < -0.39 is 0 Å². The van der Waals surface area contributed by atoms with Crippen molar-refractivity contribution in [2.45, 2.75) is 12.3 Å². The van der Waals surface area contributed by atoms with Crippen LogP contribution in [0.15, 0.2) is 17.5 Å². The third-order valence-corrected chi connectivity index (χ3v) is 2.48. The Morgan fingerprint density at radius 2 is 2.55 bits per heavy atom. The Hall–Kier alpha value is -0.850. The minimum atomic E-state index is -0.000000000000000666. The Balaban J connectivity index is 2.65. The van der Waals surface area contributed by atoms with Gasteiger partial charge in [-0.2, -0.15) is 5.26 Å². The van der Waals surface area contributed by atoms with Crippen LogP contribution in [-0.2, 0) is 0 Å². The maximum Gasteiger partial charge on any atom is 0.0818 e. The molecule has 2 N–H and O–H groups in total. The van der Waals surface area contributed by atoms with Crippen LogP contribution in [0, 0.1) is 11.3 Å². The first-order valence-corrected chi connectivity index (χ1v) is 4.39. The number of hydrogen-bond acceptors (Lipinski definition) is 3. The van der Waals surface area contributed by atoms with Crippen molar-refractivity contribution in [3.8, 4) is 6.07 Å². The maximum atomic E-state index is 8.73. The van der Waals surface area contributed by atoms with Gasteiger partial charge >= 0.3 is 0 Å². The molecule has 0 aliphatic rings. The van der Waals surface area contributed by atoms with Gasteiger partial charge in [0.2, 0.25) is 0 Å². The van der Waals surface area contributed by atoms with Crippen molar-refractivity contribution in [2.75, 3.05) is 6.54 Å². The Kier molecular flexibility index (Phi) is 3.09. The molecule has 1 atom stereocenters. The van der Waals surface area contributed by atoms with Gasteiger partial charge in [-0.1, -0.05) is 6.07 Å². The summed E-state index contributed by atoms with van der Waals surface area (Å²) in [7, 11) is 0. The second-order valence-corrected chi connectivity index (χ2v) is 3.25. The highest BCUT2D eigenvalue weighted by Gasteiger charge is 2.09. The Bertz CT molecular complexity index is 235. The van der Waals surface area contributed by atoms with Crippen molar-refractivity contribution in [2.24, 2.45) is 5.73 Å². The Labute approximate surface area is 70.3 Å². The fourth-order valence-electron chi connectivity index (χ4n) is 0.927. The van der Waals surface area contributed by atoms with E-state index >= 15 is 0 Å². The molecule has 1 heterocycles. The summed E-state index contributed by atoms with van der Waals surface area (Å²) in [4.78, 5) is 1.12. The third-order valence-electron chi connectivity index (χ3n) is 1.50. The summed E-state index contributed by atoms with van der Waals surface area (Å²) in [6.45, 7) is 0.579. The molecule has 11 heavy (non-hydrogen) atoms. The number of rotatable bonds is 3. The quantitative estimate of drug-likeness (QED) is 0.743. The second-order valence-electron chi connectivity index (χ2n) is 2.27. The molecule has 1 rings (SSSR count). The van der Waals surface area contributed by atoms with Crippen molar-refractivity contribution in [3.63, 3.8) is 0 Å². The number of nitrogens with two attached hydrogens (primary N) is 1. The lowest BCUT2D eigenvalue weighted by Crippen LogP contribution is -2.04. The summed E-state index contributed by atoms with van der Waals surface area (Å²) < 4.78 is 0. The first kappa shape index (κ1) is 8.25. The highest BCUT2D eigenvalue weighted by atomic mass is 32.1. The Morgan fingerprint density at radius 3 is 3.00 bits per heavy atom. The standard InChI is InChI=1S/C8H10N2S/c9-4-3-7(6-10)8-2-1-5-11-8/h1-2,5,7H,3-4,9H2. The average molecular weight is 166 g/mol. The lowest BCUT2D eigenvalue weighted by atomic mass is 10.1. The topological polar surface area (TPSA) is 49.8 Å². The fourth-order valence-corrected chi connectivity index (χ4v) is 1.73. The van der Waals surface area contributed by atoms with Crippen molar-refractivity contribution in [1.29, 1.82) is 5.26 Å². The van der Waals surface area contributed by atoms with Crippen molar-refractivity contribution < 1.29 is 0 Å². The third kappa shape index (κ3) is 2.04. The molecule has 0 aliphatic heterocycles. The zero-order valence-corrected chi connectivity index (χ0v) is 6.97. The molecule has 1 aromatic rings. The molecule has 0 spiro atoms. The fraction of sp³-hybridized carbons (Fsp3) is 0.375. The van der Waals surface area contributed by atoms with E-state index in [1.807, 2.05) is 17.5 Å². The maximum absolute atomic E-state index is 8.73. The zero-order chi connectivity index (χ0) is 8.10. The van der Waals surface area contributed by atoms with E-state index in [4.69, 9.17) is 11.0 Å². The van der Waals surface area contributed by atoms with E-state index in [1.54, 1.807) is 11.3 Å². The molecule has 1 aromatic heterocycles. The number of nitriles is 1. The van der Waals surface area contributed by atoms with Crippen LogP contribution < -0.4 is 5.73 Å². The molecule has 0 fully saturated rings. The predicted octanol–water partition coefficient (Wildman–Crippen LogP) is 1.70. The van der Waals surface area contributed by atoms with Crippen LogP contribution in [0.4, 0.5) is 0 Å². The highest BCUT2D eigenvalue weighted by molar-refractivity contribution is 7.10. The van der Waals surface area contributed by atoms with E-state index in [2.05, 4.69) is 6.07 Å². The Morgan fingerprint density at radius 1 is 1.73 bits per heavy atom. The number of hydrogen-bond donors (Lipinski definition) is 1. The minimum absolute atomic E-state index is 0.000000000000000666. The minimum Gasteiger partial charge on any atom is -0.330 e. The van der Waals surface area contributed by atoms with Gasteiger partial charge in [0.25, 0.3) is 0 Å². The van der Waals surface area contributed by atoms with E-state index in [0.29, 0.717) is 6.54 Å². The van der Waals surface area contributed by atoms with Crippen LogP contribution in [-0.4, -0.2) is 6.54 Å². The molecule has 0 bridgehead atoms. The van der Waals surface area contributed by atoms with Gasteiger partial charge in [-0.3, -0.25) is 0 Å². The van der Waals surface area contributed by atoms with Gasteiger partial charge in [-0.15, -0.1) is 11.3 Å². The van der Waals surface area contributed by atoms with Crippen LogP contribution in [0.2, 0.25) is 0 Å². The number of nitrogens with zero attached hydrogens (tertiary/aromatic N) is 1. The van der Waals surface area contributed by atoms with Crippen LogP contribution in [0.3, 0.4) is 0 Å². The van der Waals surface area contributed by atoms with Gasteiger partial charge in [0.05, 0.1) is 12.0 Å². The van der Waals surface area contributed by atoms with Crippen molar-refractivity contribution >= 4 is 11.3 Å². The van der Waals surface area contributed by atoms with Gasteiger partial charge in [-0.25, -0.2) is 0 Å². The first-order chi connectivity index (χ1) is 5.38. The lowest BCUT2D eigenvalue weighted by Gasteiger charge is -2.02. The molecule has 0 aromatic carbocycles.